The molecule has 0 saturated carbocycles. The van der Waals surface area contributed by atoms with Gasteiger partial charge < -0.3 is 4.74 Å². The van der Waals surface area contributed by atoms with Gasteiger partial charge in [0.2, 0.25) is 0 Å². The van der Waals surface area contributed by atoms with Crippen LogP contribution in [0, 0.1) is 29.6 Å². The van der Waals surface area contributed by atoms with Gasteiger partial charge in [0.15, 0.2) is 9.84 Å². The van der Waals surface area contributed by atoms with E-state index in [9.17, 15) is 13.2 Å². The summed E-state index contributed by atoms with van der Waals surface area (Å²) in [6.45, 7) is 4.93. The quantitative estimate of drug-likeness (QED) is 0.358. The molecule has 3 heterocycles. The topological polar surface area (TPSA) is 109 Å². The summed E-state index contributed by atoms with van der Waals surface area (Å²) in [4.78, 5) is 18.9. The molecule has 4 rings (SSSR count). The monoisotopic (exact) mass is 487 g/mol. The van der Waals surface area contributed by atoms with E-state index in [2.05, 4.69) is 33.6 Å². The van der Waals surface area contributed by atoms with Crippen LogP contribution in [0.5, 0.6) is 0 Å². The lowest BCUT2D eigenvalue weighted by atomic mass is 9.97. The Morgan fingerprint density at radius 2 is 2.12 bits per heavy atom. The summed E-state index contributed by atoms with van der Waals surface area (Å²) in [6, 6.07) is 6.25. The van der Waals surface area contributed by atoms with Crippen LogP contribution in [-0.2, 0) is 25.8 Å². The van der Waals surface area contributed by atoms with Crippen LogP contribution < -0.4 is 5.48 Å². The van der Waals surface area contributed by atoms with Crippen LogP contribution in [0.3, 0.4) is 0 Å². The Hall–Kier alpha value is -2.47. The molecule has 33 heavy (non-hydrogen) atoms. The summed E-state index contributed by atoms with van der Waals surface area (Å²) in [5.74, 6) is 11.6. The van der Waals surface area contributed by atoms with Gasteiger partial charge in [-0.3, -0.25) is 14.9 Å². The van der Waals surface area contributed by atoms with E-state index in [1.807, 2.05) is 18.2 Å². The number of aryl methyl sites for hydroxylation is 1. The van der Waals surface area contributed by atoms with E-state index in [0.717, 1.165) is 48.3 Å². The molecule has 174 valence electrons. The number of fused-ring (bicyclic) bond motifs is 1. The fourth-order valence-electron chi connectivity index (χ4n) is 3.67. The molecule has 1 aromatic carbocycles. The number of hydrogen-bond donors (Lipinski definition) is 2. The van der Waals surface area contributed by atoms with E-state index in [0.29, 0.717) is 17.0 Å². The standard InChI is InChI=1S/C23H25N3O5S2/c1-23(22(27)25-28,33(2,29)30)10-9-21-24-19-8-7-16(11-20(19)32-21)5-3-4-6-17-12-26(13-17)18-14-31-15-18/h7-8,11,17-18,28H,9-10,12-15H2,1-2H3,(H,25,27). The molecular weight excluding hydrogens is 462 g/mol. The van der Waals surface area contributed by atoms with Crippen LogP contribution in [0.1, 0.15) is 23.9 Å². The molecule has 2 N–H and O–H groups in total. The lowest BCUT2D eigenvalue weighted by Gasteiger charge is -2.45. The number of thiazole rings is 1. The molecule has 2 fully saturated rings. The van der Waals surface area contributed by atoms with E-state index in [1.54, 1.807) is 0 Å². The second kappa shape index (κ2) is 9.41. The van der Waals surface area contributed by atoms with Crippen molar-refractivity contribution in [1.29, 1.82) is 0 Å². The van der Waals surface area contributed by atoms with Crippen molar-refractivity contribution in [2.75, 3.05) is 32.6 Å². The molecule has 8 nitrogen and oxygen atoms in total. The van der Waals surface area contributed by atoms with Gasteiger partial charge in [-0.15, -0.1) is 11.3 Å². The molecule has 1 unspecified atom stereocenters. The minimum Gasteiger partial charge on any atom is -0.378 e. The number of nitrogens with one attached hydrogen (secondary N) is 1. The van der Waals surface area contributed by atoms with Crippen LogP contribution in [0.25, 0.3) is 10.2 Å². The molecule has 2 aliphatic heterocycles. The van der Waals surface area contributed by atoms with Crippen LogP contribution in [-0.4, -0.2) is 72.8 Å². The van der Waals surface area contributed by atoms with Crippen molar-refractivity contribution < 1.29 is 23.2 Å². The van der Waals surface area contributed by atoms with Crippen molar-refractivity contribution in [3.63, 3.8) is 0 Å². The number of ether oxygens (including phenoxy) is 1. The number of amides is 1. The Morgan fingerprint density at radius 1 is 1.36 bits per heavy atom. The molecule has 10 heteroatoms. The van der Waals surface area contributed by atoms with E-state index in [1.165, 1.54) is 23.7 Å². The first kappa shape index (κ1) is 23.7. The maximum Gasteiger partial charge on any atom is 0.264 e. The maximum atomic E-state index is 12.1. The van der Waals surface area contributed by atoms with Crippen molar-refractivity contribution in [1.82, 2.24) is 15.4 Å². The maximum absolute atomic E-state index is 12.1. The first-order chi connectivity index (χ1) is 15.7. The number of aromatic nitrogens is 1. The fraction of sp³-hybridized carbons (Fsp3) is 0.478. The Bertz CT molecular complexity index is 1290. The number of benzene rings is 1. The zero-order valence-corrected chi connectivity index (χ0v) is 20.1. The van der Waals surface area contributed by atoms with Crippen LogP contribution in [0.4, 0.5) is 0 Å². The van der Waals surface area contributed by atoms with Crippen LogP contribution >= 0.6 is 11.3 Å². The SMILES string of the molecule is CC(CCc1nc2ccc(C#CC#CC3CN(C4COC4)C3)cc2s1)(C(=O)NO)S(C)(=O)=O. The smallest absolute Gasteiger partial charge is 0.264 e. The molecule has 2 saturated heterocycles. The van der Waals surface area contributed by atoms with Gasteiger partial charge in [-0.05, 0) is 43.4 Å². The fourth-order valence-corrected chi connectivity index (χ4v) is 5.53. The van der Waals surface area contributed by atoms with E-state index >= 15 is 0 Å². The minimum atomic E-state index is -3.74. The Balaban J connectivity index is 1.39. The molecule has 1 aromatic heterocycles. The molecule has 2 aromatic rings. The number of rotatable bonds is 6. The largest absolute Gasteiger partial charge is 0.378 e. The number of hydrogen-bond acceptors (Lipinski definition) is 8. The van der Waals surface area contributed by atoms with Crippen molar-refractivity contribution >= 4 is 37.3 Å². The highest BCUT2D eigenvalue weighted by atomic mass is 32.2. The summed E-state index contributed by atoms with van der Waals surface area (Å²) in [5, 5.41) is 9.66. The van der Waals surface area contributed by atoms with Gasteiger partial charge in [0.1, 0.15) is 4.75 Å². The lowest BCUT2D eigenvalue weighted by molar-refractivity contribution is -0.131. The van der Waals surface area contributed by atoms with Crippen molar-refractivity contribution in [3.05, 3.63) is 28.8 Å². The normalized spacial score (nSPS) is 18.8. The predicted molar refractivity (Wildman–Crippen MR) is 125 cm³/mol. The molecule has 2 aliphatic rings. The number of likely N-dealkylation sites (tertiary alicyclic amines) is 1. The molecule has 0 aliphatic carbocycles. The average molecular weight is 488 g/mol. The third kappa shape index (κ3) is 5.06. The third-order valence-corrected chi connectivity index (χ3v) is 9.35. The molecule has 0 radical (unpaired) electrons. The number of carbonyl (C=O) groups is 1. The Labute approximate surface area is 197 Å². The summed E-state index contributed by atoms with van der Waals surface area (Å²) in [6.07, 6.45) is 1.28. The van der Waals surface area contributed by atoms with Gasteiger partial charge in [0.25, 0.3) is 5.91 Å². The minimum absolute atomic E-state index is 0.00661. The molecule has 1 amide bonds. The molecule has 0 bridgehead atoms. The number of nitrogens with zero attached hydrogens (tertiary/aromatic N) is 2. The van der Waals surface area contributed by atoms with E-state index in [-0.39, 0.29) is 12.8 Å². The van der Waals surface area contributed by atoms with Gasteiger partial charge >= 0.3 is 0 Å². The number of hydroxylamine groups is 1. The zero-order valence-electron chi connectivity index (χ0n) is 18.4. The van der Waals surface area contributed by atoms with Crippen molar-refractivity contribution in [3.8, 4) is 23.7 Å². The highest BCUT2D eigenvalue weighted by Crippen LogP contribution is 2.28. The Kier molecular flexibility index (Phi) is 6.76. The molecule has 0 spiro atoms. The summed E-state index contributed by atoms with van der Waals surface area (Å²) >= 11 is 1.43. The van der Waals surface area contributed by atoms with Gasteiger partial charge in [-0.25, -0.2) is 18.9 Å². The van der Waals surface area contributed by atoms with Crippen LogP contribution in [0.2, 0.25) is 0 Å². The highest BCUT2D eigenvalue weighted by molar-refractivity contribution is 7.92. The second-order valence-electron chi connectivity index (χ2n) is 8.60. The van der Waals surface area contributed by atoms with Crippen molar-refractivity contribution in [2.24, 2.45) is 5.92 Å². The lowest BCUT2D eigenvalue weighted by Crippen LogP contribution is -2.58. The Morgan fingerprint density at radius 3 is 2.76 bits per heavy atom. The van der Waals surface area contributed by atoms with Gasteiger partial charge in [0, 0.05) is 37.2 Å². The molecule has 1 atom stereocenters. The van der Waals surface area contributed by atoms with Crippen LogP contribution in [0.15, 0.2) is 18.2 Å². The summed E-state index contributed by atoms with van der Waals surface area (Å²) in [5.41, 5.74) is 3.08. The third-order valence-electron chi connectivity index (χ3n) is 6.24. The first-order valence-corrected chi connectivity index (χ1v) is 13.3. The van der Waals surface area contributed by atoms with Gasteiger partial charge in [0.05, 0.1) is 34.5 Å². The number of carbonyl (C=O) groups excluding carboxylic acids is 1. The second-order valence-corrected chi connectivity index (χ2v) is 12.2. The van der Waals surface area contributed by atoms with E-state index < -0.39 is 20.5 Å². The average Bonchev–Trinajstić information content (AvgIpc) is 3.12. The predicted octanol–water partition coefficient (Wildman–Crippen LogP) is 1.22. The highest BCUT2D eigenvalue weighted by Gasteiger charge is 2.43. The van der Waals surface area contributed by atoms with Gasteiger partial charge in [-0.1, -0.05) is 11.8 Å². The first-order valence-electron chi connectivity index (χ1n) is 10.6. The number of sulfone groups is 1. The summed E-state index contributed by atoms with van der Waals surface area (Å²) < 4.78 is 28.6. The van der Waals surface area contributed by atoms with Crippen molar-refractivity contribution in [2.45, 2.75) is 30.6 Å². The zero-order chi connectivity index (χ0) is 23.6. The van der Waals surface area contributed by atoms with E-state index in [4.69, 9.17) is 9.94 Å². The summed E-state index contributed by atoms with van der Waals surface area (Å²) in [7, 11) is -3.74. The molecular formula is C23H25N3O5S2. The van der Waals surface area contributed by atoms with Gasteiger partial charge in [-0.2, -0.15) is 0 Å².